The number of rotatable bonds is 1. The molecule has 3 aliphatic rings. The molecule has 24 heavy (non-hydrogen) atoms. The van der Waals surface area contributed by atoms with E-state index in [0.717, 1.165) is 30.8 Å². The van der Waals surface area contributed by atoms with Crippen LogP contribution in [0, 0.1) is 0 Å². The van der Waals surface area contributed by atoms with Crippen molar-refractivity contribution >= 4 is 34.4 Å². The van der Waals surface area contributed by atoms with E-state index in [1.165, 1.54) is 33.0 Å². The molecule has 0 aromatic heterocycles. The first kappa shape index (κ1) is 18.7. The maximum atomic E-state index is 7.02. The summed E-state index contributed by atoms with van der Waals surface area (Å²) in [7, 11) is -1.82. The molecule has 2 atom stereocenters. The van der Waals surface area contributed by atoms with Crippen LogP contribution in [0.25, 0.3) is 16.7 Å². The Balaban J connectivity index is 0.000000845. The van der Waals surface area contributed by atoms with E-state index in [9.17, 15) is 0 Å². The van der Waals surface area contributed by atoms with Crippen molar-refractivity contribution in [2.75, 3.05) is 0 Å². The zero-order chi connectivity index (χ0) is 15.1. The average Bonchev–Trinajstić information content (AvgIpc) is 2.93. The molecule has 2 aromatic carbocycles. The molecule has 0 radical (unpaired) electrons. The van der Waals surface area contributed by atoms with E-state index in [0.29, 0.717) is 3.67 Å². The van der Waals surface area contributed by atoms with E-state index < -0.39 is 7.38 Å². The predicted molar refractivity (Wildman–Crippen MR) is 92.2 cm³/mol. The molecule has 2 unspecified atom stereocenters. The largest absolute Gasteiger partial charge is 1.00 e. The van der Waals surface area contributed by atoms with E-state index in [1.54, 1.807) is 10.8 Å². The van der Waals surface area contributed by atoms with E-state index >= 15 is 0 Å². The van der Waals surface area contributed by atoms with E-state index in [2.05, 4.69) is 55.1 Å². The Labute approximate surface area is 175 Å². The van der Waals surface area contributed by atoms with Crippen LogP contribution >= 0.6 is 11.1 Å². The maximum absolute atomic E-state index is 7.02. The number of hydrogen-bond donors (Lipinski definition) is 0. The van der Waals surface area contributed by atoms with Crippen molar-refractivity contribution in [3.05, 3.63) is 65.3 Å². The minimum atomic E-state index is -1.82. The second-order valence-corrected chi connectivity index (χ2v) is 13.8. The van der Waals surface area contributed by atoms with Crippen LogP contribution in [-0.2, 0) is 24.4 Å². The van der Waals surface area contributed by atoms with Gasteiger partial charge in [0.05, 0.1) is 0 Å². The van der Waals surface area contributed by atoms with Gasteiger partial charge in [0.15, 0.2) is 0 Å². The molecule has 2 aromatic rings. The fourth-order valence-corrected chi connectivity index (χ4v) is 11.0. The minimum absolute atomic E-state index is 0. The van der Waals surface area contributed by atoms with Gasteiger partial charge in [-0.15, -0.1) is 0 Å². The van der Waals surface area contributed by atoms with Crippen molar-refractivity contribution in [3.63, 3.8) is 0 Å². The summed E-state index contributed by atoms with van der Waals surface area (Å²) in [6.07, 6.45) is 7.74. The van der Waals surface area contributed by atoms with E-state index in [-0.39, 0.29) is 24.8 Å². The first-order valence-electron chi connectivity index (χ1n) is 7.68. The van der Waals surface area contributed by atoms with E-state index in [1.807, 2.05) is 0 Å². The molecule has 0 bridgehead atoms. The Bertz CT molecular complexity index is 915. The molecule has 0 nitrogen and oxygen atoms in total. The van der Waals surface area contributed by atoms with Gasteiger partial charge in [0.1, 0.15) is 0 Å². The first-order valence-corrected chi connectivity index (χ1v) is 13.3. The molecule has 1 aliphatic heterocycles. The smallest absolute Gasteiger partial charge is 1.00 e. The molecular weight excluding hydrogens is 541 g/mol. The molecule has 5 rings (SSSR count). The Morgan fingerprint density at radius 3 is 2.54 bits per heavy atom. The summed E-state index contributed by atoms with van der Waals surface area (Å²) in [6.45, 7) is 2.31. The summed E-state index contributed by atoms with van der Waals surface area (Å²) >= 11 is 8.18. The van der Waals surface area contributed by atoms with Gasteiger partial charge in [-0.2, -0.15) is 0 Å². The summed E-state index contributed by atoms with van der Waals surface area (Å²) in [5, 5.41) is 3.09. The summed E-state index contributed by atoms with van der Waals surface area (Å²) in [5.74, 6) is 0. The van der Waals surface area contributed by atoms with Gasteiger partial charge in [-0.1, -0.05) is 0 Å². The molecule has 0 N–H and O–H groups in total. The van der Waals surface area contributed by atoms with Gasteiger partial charge in [-0.3, -0.25) is 0 Å². The SMILES string of the molecule is C[Si]1(Cl)c2c(C3=CC=CC3)cc3c(c21)[CH]([Hf+2])c1ccccc1-3.[Cl-].[Cl-]. The quantitative estimate of drug-likeness (QED) is 0.280. The van der Waals surface area contributed by atoms with Crippen molar-refractivity contribution in [2.24, 2.45) is 0 Å². The molecule has 0 fully saturated rings. The normalized spacial score (nSPS) is 24.3. The van der Waals surface area contributed by atoms with Gasteiger partial charge in [0.25, 0.3) is 0 Å². The summed E-state index contributed by atoms with van der Waals surface area (Å²) in [5.41, 5.74) is 8.91. The van der Waals surface area contributed by atoms with Crippen LogP contribution in [0.4, 0.5) is 0 Å². The van der Waals surface area contributed by atoms with Gasteiger partial charge in [-0.25, -0.2) is 0 Å². The molecule has 0 saturated heterocycles. The first-order chi connectivity index (χ1) is 10.6. The summed E-state index contributed by atoms with van der Waals surface area (Å²) < 4.78 is 0.623. The van der Waals surface area contributed by atoms with Crippen LogP contribution in [0.3, 0.4) is 0 Å². The Hall–Kier alpha value is -0.123. The molecule has 1 heterocycles. The van der Waals surface area contributed by atoms with Crippen molar-refractivity contribution in [2.45, 2.75) is 16.6 Å². The fourth-order valence-electron chi connectivity index (χ4n) is 4.13. The maximum Gasteiger partial charge on any atom is -1.00 e. The molecule has 2 aliphatic carbocycles. The zero-order valence-electron chi connectivity index (χ0n) is 13.0. The standard InChI is InChI=1S/C19H14ClSi.2ClH.Hf/c1-21(20)18-15(12-6-2-3-7-12)11-16-14-9-5-4-8-13(14)10-17(16)19(18)21;;;/h2-6,8-11H,7H2,1H3;2*1H;/q;;;+2/p-2. The van der Waals surface area contributed by atoms with Crippen LogP contribution in [-0.4, -0.2) is 7.38 Å². The van der Waals surface area contributed by atoms with Gasteiger partial charge < -0.3 is 24.8 Å². The van der Waals surface area contributed by atoms with Crippen LogP contribution < -0.4 is 35.2 Å². The second-order valence-electron chi connectivity index (χ2n) is 6.48. The number of fused-ring (bicyclic) bond motifs is 5. The van der Waals surface area contributed by atoms with Crippen molar-refractivity contribution in [1.29, 1.82) is 0 Å². The molecule has 0 spiro atoms. The fraction of sp³-hybridized carbons (Fsp3) is 0.158. The number of allylic oxidation sites excluding steroid dienone is 4. The number of halogens is 3. The van der Waals surface area contributed by atoms with Crippen LogP contribution in [0.2, 0.25) is 6.55 Å². The van der Waals surface area contributed by atoms with Crippen LogP contribution in [0.15, 0.2) is 48.6 Å². The van der Waals surface area contributed by atoms with Crippen molar-refractivity contribution < 1.29 is 49.2 Å². The molecule has 0 amide bonds. The molecule has 119 valence electrons. The average molecular weight is 555 g/mol. The molecular formula is C19H14Cl3HfSi. The van der Waals surface area contributed by atoms with E-state index in [4.69, 9.17) is 11.1 Å². The second kappa shape index (κ2) is 6.24. The summed E-state index contributed by atoms with van der Waals surface area (Å²) in [6, 6.07) is 11.4. The topological polar surface area (TPSA) is 0 Å². The molecule has 0 saturated carbocycles. The van der Waals surface area contributed by atoms with Gasteiger partial charge >= 0.3 is 152 Å². The van der Waals surface area contributed by atoms with Crippen molar-refractivity contribution in [3.8, 4) is 11.1 Å². The monoisotopic (exact) mass is 555 g/mol. The third-order valence-corrected chi connectivity index (χ3v) is 11.2. The van der Waals surface area contributed by atoms with Gasteiger partial charge in [-0.05, 0) is 0 Å². The Morgan fingerprint density at radius 1 is 1.08 bits per heavy atom. The third kappa shape index (κ3) is 2.34. The Morgan fingerprint density at radius 2 is 1.83 bits per heavy atom. The molecule has 5 heteroatoms. The van der Waals surface area contributed by atoms with Gasteiger partial charge in [0, 0.05) is 0 Å². The van der Waals surface area contributed by atoms with Crippen LogP contribution in [0.5, 0.6) is 0 Å². The van der Waals surface area contributed by atoms with Gasteiger partial charge in [0.2, 0.25) is 0 Å². The number of hydrogen-bond acceptors (Lipinski definition) is 0. The number of benzene rings is 2. The Kier molecular flexibility index (Phi) is 4.85. The van der Waals surface area contributed by atoms with Crippen molar-refractivity contribution in [1.82, 2.24) is 0 Å². The third-order valence-electron chi connectivity index (χ3n) is 5.21. The zero-order valence-corrected chi connectivity index (χ0v) is 19.9. The predicted octanol–water partition coefficient (Wildman–Crippen LogP) is -2.10. The minimum Gasteiger partial charge on any atom is -1.00 e. The van der Waals surface area contributed by atoms with Crippen LogP contribution in [0.1, 0.15) is 26.8 Å². The summed E-state index contributed by atoms with van der Waals surface area (Å²) in [4.78, 5) is 0.